The van der Waals surface area contributed by atoms with E-state index in [1.807, 2.05) is 37.5 Å². The summed E-state index contributed by atoms with van der Waals surface area (Å²) in [6.45, 7) is 6.09. The number of sulfonamides is 1. The molecule has 2 atom stereocenters. The molecule has 0 fully saturated rings. The van der Waals surface area contributed by atoms with Gasteiger partial charge in [-0.25, -0.2) is 13.4 Å². The molecule has 1 N–H and O–H groups in total. The van der Waals surface area contributed by atoms with Crippen LogP contribution in [-0.4, -0.2) is 52.1 Å². The normalized spacial score (nSPS) is 13.2. The Morgan fingerprint density at radius 2 is 1.87 bits per heavy atom. The van der Waals surface area contributed by atoms with Crippen LogP contribution in [0, 0.1) is 36.8 Å². The zero-order valence-electron chi connectivity index (χ0n) is 21.8. The Morgan fingerprint density at radius 3 is 2.55 bits per heavy atom. The van der Waals surface area contributed by atoms with Gasteiger partial charge >= 0.3 is 0 Å². The minimum atomic E-state index is -3.97. The molecule has 0 aliphatic heterocycles. The first kappa shape index (κ1) is 27.3. The second-order valence-corrected chi connectivity index (χ2v) is 11.1. The Morgan fingerprint density at radius 1 is 1.11 bits per heavy atom. The van der Waals surface area contributed by atoms with Gasteiger partial charge in [0.05, 0.1) is 24.9 Å². The molecule has 0 spiro atoms. The van der Waals surface area contributed by atoms with Gasteiger partial charge in [0.25, 0.3) is 10.0 Å². The second kappa shape index (κ2) is 11.8. The van der Waals surface area contributed by atoms with Crippen LogP contribution in [0.25, 0.3) is 11.0 Å². The predicted octanol–water partition coefficient (Wildman–Crippen LogP) is 3.74. The van der Waals surface area contributed by atoms with E-state index >= 15 is 0 Å². The van der Waals surface area contributed by atoms with Crippen LogP contribution in [0.2, 0.25) is 0 Å². The number of aliphatic hydroxyl groups is 1. The van der Waals surface area contributed by atoms with Crippen LogP contribution >= 0.6 is 0 Å². The molecule has 0 aliphatic carbocycles. The fraction of sp³-hybridized carbons (Fsp3) is 0.310. The van der Waals surface area contributed by atoms with Gasteiger partial charge in [0, 0.05) is 30.3 Å². The second-order valence-electron chi connectivity index (χ2n) is 9.16. The van der Waals surface area contributed by atoms with Gasteiger partial charge in [-0.05, 0) is 31.2 Å². The predicted molar refractivity (Wildman–Crippen MR) is 144 cm³/mol. The van der Waals surface area contributed by atoms with E-state index in [1.165, 1.54) is 13.1 Å². The van der Waals surface area contributed by atoms with Crippen molar-refractivity contribution in [3.05, 3.63) is 90.0 Å². The van der Waals surface area contributed by atoms with Gasteiger partial charge in [-0.3, -0.25) is 4.98 Å². The molecule has 0 saturated carbocycles. The van der Waals surface area contributed by atoms with Crippen LogP contribution in [0.3, 0.4) is 0 Å². The number of aliphatic hydroxyl groups excluding tert-OH is 1. The van der Waals surface area contributed by atoms with Crippen molar-refractivity contribution in [3.8, 4) is 11.8 Å². The Kier molecular flexibility index (Phi) is 8.45. The molecule has 196 valence electrons. The number of benzene rings is 1. The van der Waals surface area contributed by atoms with Gasteiger partial charge in [-0.1, -0.05) is 62.1 Å². The zero-order chi connectivity index (χ0) is 27.3. The van der Waals surface area contributed by atoms with Crippen molar-refractivity contribution < 1.29 is 18.3 Å². The first-order valence-electron chi connectivity index (χ1n) is 12.2. The molecular formula is C29H30N4O4S. The molecule has 0 bridgehead atoms. The lowest BCUT2D eigenvalue weighted by Crippen LogP contribution is -2.39. The molecule has 2 heterocycles. The Bertz CT molecular complexity index is 1540. The average molecular weight is 531 g/mol. The lowest BCUT2D eigenvalue weighted by Gasteiger charge is -2.24. The van der Waals surface area contributed by atoms with E-state index in [2.05, 4.69) is 33.9 Å². The van der Waals surface area contributed by atoms with Crippen molar-refractivity contribution in [1.29, 1.82) is 0 Å². The number of likely N-dealkylation sites (N-methyl/N-ethyl adjacent to an activating group) is 1. The van der Waals surface area contributed by atoms with E-state index in [0.29, 0.717) is 12.1 Å². The van der Waals surface area contributed by atoms with E-state index in [4.69, 9.17) is 4.74 Å². The molecule has 2 aromatic heterocycles. The summed E-state index contributed by atoms with van der Waals surface area (Å²) in [6, 6.07) is 19.0. The van der Waals surface area contributed by atoms with Gasteiger partial charge < -0.3 is 14.4 Å². The molecule has 0 radical (unpaired) electrons. The van der Waals surface area contributed by atoms with Gasteiger partial charge in [0.2, 0.25) is 0 Å². The van der Waals surface area contributed by atoms with E-state index in [-0.39, 0.29) is 17.4 Å². The third-order valence-corrected chi connectivity index (χ3v) is 7.79. The molecule has 4 aromatic rings. The van der Waals surface area contributed by atoms with Crippen LogP contribution < -0.4 is 0 Å². The van der Waals surface area contributed by atoms with Crippen LogP contribution in [-0.2, 0) is 21.3 Å². The highest BCUT2D eigenvalue weighted by Crippen LogP contribution is 2.20. The Balaban J connectivity index is 1.52. The Labute approximate surface area is 224 Å². The molecule has 8 nitrogen and oxygen atoms in total. The maximum Gasteiger partial charge on any atom is 0.252 e. The SMILES string of the molecule is Cc1nc2cnccc2n1Cc1c#cc(S(=O)(=O)N(C)C(C#CC(C)C)COC(O)c2ccccc2)cc1. The molecule has 38 heavy (non-hydrogen) atoms. The van der Waals surface area contributed by atoms with Crippen molar-refractivity contribution in [2.45, 2.75) is 44.5 Å². The quantitative estimate of drug-likeness (QED) is 0.262. The maximum absolute atomic E-state index is 13.5. The minimum absolute atomic E-state index is 0.0277. The van der Waals surface area contributed by atoms with Crippen molar-refractivity contribution >= 4 is 21.1 Å². The van der Waals surface area contributed by atoms with Crippen LogP contribution in [0.5, 0.6) is 0 Å². The number of hydrogen-bond acceptors (Lipinski definition) is 6. The van der Waals surface area contributed by atoms with E-state index < -0.39 is 22.4 Å². The molecular weight excluding hydrogens is 500 g/mol. The number of imidazole rings is 1. The smallest absolute Gasteiger partial charge is 0.252 e. The monoisotopic (exact) mass is 530 g/mol. The number of fused-ring (bicyclic) bond motifs is 1. The van der Waals surface area contributed by atoms with Gasteiger partial charge in [0.15, 0.2) is 6.29 Å². The highest BCUT2D eigenvalue weighted by atomic mass is 32.2. The Hall–Kier alpha value is -3.73. The maximum atomic E-state index is 13.5. The average Bonchev–Trinajstić information content (AvgIpc) is 3.23. The molecule has 0 amide bonds. The molecule has 2 unspecified atom stereocenters. The molecule has 9 heteroatoms. The number of rotatable bonds is 9. The van der Waals surface area contributed by atoms with Gasteiger partial charge in [-0.15, -0.1) is 0 Å². The summed E-state index contributed by atoms with van der Waals surface area (Å²) in [7, 11) is -2.52. The van der Waals surface area contributed by atoms with Gasteiger partial charge in [-0.2, -0.15) is 4.31 Å². The third kappa shape index (κ3) is 6.21. The van der Waals surface area contributed by atoms with E-state index in [9.17, 15) is 13.5 Å². The number of pyridine rings is 1. The topological polar surface area (TPSA) is 97.5 Å². The number of hydrogen-bond donors (Lipinski definition) is 1. The molecule has 2 aromatic carbocycles. The highest BCUT2D eigenvalue weighted by Gasteiger charge is 2.28. The van der Waals surface area contributed by atoms with Gasteiger partial charge in [0.1, 0.15) is 22.3 Å². The summed E-state index contributed by atoms with van der Waals surface area (Å²) in [4.78, 5) is 8.60. The summed E-state index contributed by atoms with van der Waals surface area (Å²) in [5, 5.41) is 10.4. The summed E-state index contributed by atoms with van der Waals surface area (Å²) in [5.74, 6) is 6.86. The highest BCUT2D eigenvalue weighted by molar-refractivity contribution is 7.89. The standard InChI is InChI=1S/C29H30N4O4S/c1-21(2)10-13-25(20-37-29(34)24-8-6-5-7-9-24)32(4)38(35,36)26-14-11-23(12-15-26)19-33-22(3)31-27-18-30-17-16-28(27)33/h5-9,11,14,16-18,21,25,29,34H,19-20H2,1-4H3. The van der Waals surface area contributed by atoms with E-state index in [0.717, 1.165) is 26.7 Å². The fourth-order valence-corrected chi connectivity index (χ4v) is 5.01. The molecule has 0 aliphatic rings. The van der Waals surface area contributed by atoms with Crippen molar-refractivity contribution in [3.63, 3.8) is 0 Å². The first-order chi connectivity index (χ1) is 18.2. The van der Waals surface area contributed by atoms with Crippen LogP contribution in [0.15, 0.2) is 65.8 Å². The van der Waals surface area contributed by atoms with Crippen LogP contribution in [0.1, 0.15) is 37.1 Å². The largest absolute Gasteiger partial charge is 0.364 e. The fourth-order valence-electron chi connectivity index (χ4n) is 3.84. The first-order valence-corrected chi connectivity index (χ1v) is 13.6. The summed E-state index contributed by atoms with van der Waals surface area (Å²) in [6.07, 6.45) is 2.22. The summed E-state index contributed by atoms with van der Waals surface area (Å²) in [5.41, 5.74) is 3.06. The van der Waals surface area contributed by atoms with Crippen molar-refractivity contribution in [2.75, 3.05) is 13.7 Å². The molecule has 4 rings (SSSR count). The van der Waals surface area contributed by atoms with Crippen LogP contribution in [0.4, 0.5) is 0 Å². The van der Waals surface area contributed by atoms with Crippen molar-refractivity contribution in [2.24, 2.45) is 5.92 Å². The number of aryl methyl sites for hydroxylation is 1. The lowest BCUT2D eigenvalue weighted by atomic mass is 10.2. The number of ether oxygens (including phenoxy) is 1. The summed E-state index contributed by atoms with van der Waals surface area (Å²) >= 11 is 0. The van der Waals surface area contributed by atoms with Crippen molar-refractivity contribution in [1.82, 2.24) is 18.8 Å². The van der Waals surface area contributed by atoms with E-state index in [1.54, 1.807) is 42.7 Å². The molecule has 0 saturated heterocycles. The number of aromatic nitrogens is 3. The summed E-state index contributed by atoms with van der Waals surface area (Å²) < 4.78 is 35.7. The zero-order valence-corrected chi connectivity index (χ0v) is 22.6. The lowest BCUT2D eigenvalue weighted by molar-refractivity contribution is -0.108. The third-order valence-electron chi connectivity index (χ3n) is 5.98. The minimum Gasteiger partial charge on any atom is -0.364 e. The number of nitrogens with zero attached hydrogens (tertiary/aromatic N) is 4.